The molecule has 5 rings (SSSR count). The molecule has 1 spiro atoms. The number of aliphatic hydroxyl groups excluding tert-OH is 1. The molecule has 8 nitrogen and oxygen atoms in total. The lowest BCUT2D eigenvalue weighted by molar-refractivity contribution is 0.186. The predicted octanol–water partition coefficient (Wildman–Crippen LogP) is 3.32. The lowest BCUT2D eigenvalue weighted by atomic mass is 9.73. The van der Waals surface area contributed by atoms with Crippen LogP contribution in [0.1, 0.15) is 30.0 Å². The number of piperidine rings is 1. The molecule has 0 unspecified atom stereocenters. The summed E-state index contributed by atoms with van der Waals surface area (Å²) in [5.41, 5.74) is 9.51. The molecule has 33 heavy (non-hydrogen) atoms. The van der Waals surface area contributed by atoms with Gasteiger partial charge < -0.3 is 21.1 Å². The molecule has 3 heterocycles. The van der Waals surface area contributed by atoms with Crippen LogP contribution in [0.5, 0.6) is 0 Å². The van der Waals surface area contributed by atoms with Gasteiger partial charge in [-0.05, 0) is 41.9 Å². The number of anilines is 2. The van der Waals surface area contributed by atoms with Crippen LogP contribution >= 0.6 is 23.4 Å². The molecular formula is C23H26ClN7OS. The van der Waals surface area contributed by atoms with Gasteiger partial charge >= 0.3 is 0 Å². The number of hydrogen-bond donors (Lipinski definition) is 3. The summed E-state index contributed by atoms with van der Waals surface area (Å²) in [7, 11) is 0. The number of fused-ring (bicyclic) bond motifs is 1. The van der Waals surface area contributed by atoms with E-state index in [4.69, 9.17) is 22.4 Å². The lowest BCUT2D eigenvalue weighted by Gasteiger charge is -2.42. The van der Waals surface area contributed by atoms with Crippen molar-refractivity contribution in [1.82, 2.24) is 20.2 Å². The van der Waals surface area contributed by atoms with Gasteiger partial charge in [0.2, 0.25) is 5.95 Å². The molecule has 10 heteroatoms. The number of rotatable bonds is 6. The van der Waals surface area contributed by atoms with Crippen molar-refractivity contribution in [2.45, 2.75) is 35.2 Å². The van der Waals surface area contributed by atoms with E-state index < -0.39 is 0 Å². The summed E-state index contributed by atoms with van der Waals surface area (Å²) in [5.74, 6) is 1.17. The number of nitrogens with zero attached hydrogens (tertiary/aromatic N) is 5. The first kappa shape index (κ1) is 22.3. The molecule has 1 aliphatic carbocycles. The largest absolute Gasteiger partial charge is 0.395 e. The minimum absolute atomic E-state index is 0.00271. The fourth-order valence-electron chi connectivity index (χ4n) is 4.82. The van der Waals surface area contributed by atoms with Crippen LogP contribution in [-0.2, 0) is 6.42 Å². The average Bonchev–Trinajstić information content (AvgIpc) is 3.12. The van der Waals surface area contributed by atoms with Crippen molar-refractivity contribution < 1.29 is 5.11 Å². The van der Waals surface area contributed by atoms with E-state index in [-0.39, 0.29) is 18.1 Å². The van der Waals surface area contributed by atoms with E-state index >= 15 is 0 Å². The molecule has 0 amide bonds. The highest BCUT2D eigenvalue weighted by molar-refractivity contribution is 7.99. The Morgan fingerprint density at radius 3 is 2.73 bits per heavy atom. The Balaban J connectivity index is 1.23. The minimum atomic E-state index is 0.00271. The van der Waals surface area contributed by atoms with Crippen molar-refractivity contribution >= 4 is 35.1 Å². The maximum Gasteiger partial charge on any atom is 0.245 e. The summed E-state index contributed by atoms with van der Waals surface area (Å²) < 4.78 is 0. The van der Waals surface area contributed by atoms with Gasteiger partial charge in [0, 0.05) is 36.8 Å². The van der Waals surface area contributed by atoms with Crippen LogP contribution in [0.3, 0.4) is 0 Å². The van der Waals surface area contributed by atoms with Crippen molar-refractivity contribution in [1.29, 1.82) is 0 Å². The van der Waals surface area contributed by atoms with E-state index in [9.17, 15) is 0 Å². The van der Waals surface area contributed by atoms with Gasteiger partial charge in [0.25, 0.3) is 0 Å². The molecule has 1 atom stereocenters. The monoisotopic (exact) mass is 483 g/mol. The normalized spacial score (nSPS) is 19.0. The molecule has 0 radical (unpaired) electrons. The Morgan fingerprint density at radius 2 is 2.00 bits per heavy atom. The summed E-state index contributed by atoms with van der Waals surface area (Å²) in [4.78, 5) is 11.8. The second kappa shape index (κ2) is 9.42. The van der Waals surface area contributed by atoms with Gasteiger partial charge in [-0.15, -0.1) is 10.2 Å². The molecule has 172 valence electrons. The fourth-order valence-corrected chi connectivity index (χ4v) is 5.84. The van der Waals surface area contributed by atoms with Crippen LogP contribution in [-0.4, -0.2) is 51.5 Å². The van der Waals surface area contributed by atoms with E-state index in [0.717, 1.165) is 37.2 Å². The molecule has 0 bridgehead atoms. The van der Waals surface area contributed by atoms with Crippen molar-refractivity contribution in [3.05, 3.63) is 58.9 Å². The highest BCUT2D eigenvalue weighted by Gasteiger charge is 2.46. The summed E-state index contributed by atoms with van der Waals surface area (Å²) in [6.45, 7) is 2.12. The first-order valence-corrected chi connectivity index (χ1v) is 12.2. The molecule has 0 saturated carbocycles. The number of nitrogens with two attached hydrogens (primary N) is 1. The number of halogens is 1. The van der Waals surface area contributed by atoms with Crippen LogP contribution in [0, 0.1) is 5.41 Å². The number of benzene rings is 1. The predicted molar refractivity (Wildman–Crippen MR) is 130 cm³/mol. The Kier molecular flexibility index (Phi) is 6.38. The van der Waals surface area contributed by atoms with Gasteiger partial charge in [-0.3, -0.25) is 0 Å². The highest BCUT2D eigenvalue weighted by Crippen LogP contribution is 2.50. The first-order valence-electron chi connectivity index (χ1n) is 11.0. The first-order chi connectivity index (χ1) is 16.1. The van der Waals surface area contributed by atoms with Crippen LogP contribution in [0.2, 0.25) is 5.02 Å². The molecule has 1 fully saturated rings. The number of hydrogen-bond acceptors (Lipinski definition) is 9. The third kappa shape index (κ3) is 4.38. The van der Waals surface area contributed by atoms with E-state index in [1.165, 1.54) is 22.9 Å². The molecule has 1 saturated heterocycles. The van der Waals surface area contributed by atoms with Crippen molar-refractivity contribution in [2.24, 2.45) is 11.1 Å². The quantitative estimate of drug-likeness (QED) is 0.485. The zero-order chi connectivity index (χ0) is 22.8. The number of pyridine rings is 1. The number of aliphatic hydroxyl groups is 1. The van der Waals surface area contributed by atoms with Crippen LogP contribution in [0.25, 0.3) is 0 Å². The van der Waals surface area contributed by atoms with Crippen molar-refractivity contribution in [2.75, 3.05) is 36.5 Å². The molecule has 2 aromatic heterocycles. The summed E-state index contributed by atoms with van der Waals surface area (Å²) in [6.07, 6.45) is 6.47. The van der Waals surface area contributed by atoms with Gasteiger partial charge in [-0.1, -0.05) is 47.6 Å². The van der Waals surface area contributed by atoms with E-state index in [1.807, 2.05) is 6.07 Å². The van der Waals surface area contributed by atoms with Gasteiger partial charge in [0.15, 0.2) is 0 Å². The molecule has 1 aliphatic heterocycles. The number of nitrogens with one attached hydrogen (secondary N) is 1. The van der Waals surface area contributed by atoms with Gasteiger partial charge in [-0.2, -0.15) is 0 Å². The standard InChI is InChI=1S/C23H26ClN7OS/c24-19-17(5-8-26-21(19)27-9-12-32)33-18-14-28-22(30-29-18)31-10-6-23(7-11-31)13-15-3-1-2-4-16(15)20(23)25/h1-5,8,14,20,32H,6-7,9-13,25H2,(H,26,27)/t20-/m1/s1. The maximum absolute atomic E-state index is 9.00. The minimum Gasteiger partial charge on any atom is -0.395 e. The van der Waals surface area contributed by atoms with Crippen molar-refractivity contribution in [3.63, 3.8) is 0 Å². The summed E-state index contributed by atoms with van der Waals surface area (Å²) in [6, 6.07) is 10.5. The summed E-state index contributed by atoms with van der Waals surface area (Å²) >= 11 is 7.82. The van der Waals surface area contributed by atoms with Gasteiger partial charge in [0.1, 0.15) is 10.8 Å². The maximum atomic E-state index is 9.00. The zero-order valence-corrected chi connectivity index (χ0v) is 19.7. The SMILES string of the molecule is N[C@@H]1c2ccccc2CC12CCN(c1ncc(Sc3ccnc(NCCO)c3Cl)nn1)CC2. The average molecular weight is 484 g/mol. The highest BCUT2D eigenvalue weighted by atomic mass is 35.5. The molecule has 3 aromatic rings. The van der Waals surface area contributed by atoms with E-state index in [2.05, 4.69) is 54.6 Å². The lowest BCUT2D eigenvalue weighted by Crippen LogP contribution is -2.45. The van der Waals surface area contributed by atoms with Gasteiger partial charge in [-0.25, -0.2) is 9.97 Å². The Hall–Kier alpha value is -2.46. The van der Waals surface area contributed by atoms with Gasteiger partial charge in [0.05, 0.1) is 17.8 Å². The van der Waals surface area contributed by atoms with Crippen LogP contribution in [0.15, 0.2) is 52.6 Å². The van der Waals surface area contributed by atoms with Crippen molar-refractivity contribution in [3.8, 4) is 0 Å². The van der Waals surface area contributed by atoms with Crippen LogP contribution in [0.4, 0.5) is 11.8 Å². The topological polar surface area (TPSA) is 113 Å². The zero-order valence-electron chi connectivity index (χ0n) is 18.1. The smallest absolute Gasteiger partial charge is 0.245 e. The second-order valence-electron chi connectivity index (χ2n) is 8.52. The third-order valence-corrected chi connectivity index (χ3v) is 8.09. The molecule has 4 N–H and O–H groups in total. The molecule has 2 aliphatic rings. The Morgan fingerprint density at radius 1 is 1.18 bits per heavy atom. The summed E-state index contributed by atoms with van der Waals surface area (Å²) in [5, 5.41) is 21.9. The molecular weight excluding hydrogens is 458 g/mol. The molecule has 1 aromatic carbocycles. The second-order valence-corrected chi connectivity index (χ2v) is 9.96. The Bertz CT molecular complexity index is 1120. The third-order valence-electron chi connectivity index (χ3n) is 6.64. The van der Waals surface area contributed by atoms with E-state index in [1.54, 1.807) is 12.4 Å². The Labute approximate surface area is 202 Å². The number of aromatic nitrogens is 4. The fraction of sp³-hybridized carbons (Fsp3) is 0.391. The van der Waals surface area contributed by atoms with Crippen LogP contribution < -0.4 is 16.0 Å². The van der Waals surface area contributed by atoms with E-state index in [0.29, 0.717) is 28.4 Å².